The molecule has 33 heavy (non-hydrogen) atoms. The Morgan fingerprint density at radius 2 is 2.03 bits per heavy atom. The van der Waals surface area contributed by atoms with Gasteiger partial charge in [-0.15, -0.1) is 10.2 Å². The maximum Gasteiger partial charge on any atom is 0.160 e. The third kappa shape index (κ3) is 4.84. The van der Waals surface area contributed by atoms with Gasteiger partial charge < -0.3 is 16.2 Å². The Kier molecular flexibility index (Phi) is 6.91. The first-order chi connectivity index (χ1) is 15.9. The highest BCUT2D eigenvalue weighted by Gasteiger charge is 2.28. The van der Waals surface area contributed by atoms with Crippen LogP contribution in [0.5, 0.6) is 5.75 Å². The molecule has 172 valence electrons. The average molecular weight is 463 g/mol. The monoisotopic (exact) mass is 462 g/mol. The molecule has 2 aromatic carbocycles. The van der Waals surface area contributed by atoms with E-state index in [1.807, 2.05) is 38.1 Å². The van der Waals surface area contributed by atoms with E-state index in [2.05, 4.69) is 28.9 Å². The maximum absolute atomic E-state index is 12.5. The SMILES string of the molecule is C=C(C(=O)CCN)[C@@H]1CCCc2c(-c3nnc(-c4ccc(OC(C)C)c(N)c4)s3)cccc21. The second kappa shape index (κ2) is 9.85. The van der Waals surface area contributed by atoms with E-state index in [-0.39, 0.29) is 17.8 Å². The molecule has 4 N–H and O–H groups in total. The average Bonchev–Trinajstić information content (AvgIpc) is 3.29. The van der Waals surface area contributed by atoms with Gasteiger partial charge in [0.05, 0.1) is 11.8 Å². The topological polar surface area (TPSA) is 104 Å². The van der Waals surface area contributed by atoms with Crippen molar-refractivity contribution in [1.82, 2.24) is 10.2 Å². The van der Waals surface area contributed by atoms with Crippen LogP contribution < -0.4 is 16.2 Å². The lowest BCUT2D eigenvalue weighted by Gasteiger charge is -2.28. The molecule has 3 aromatic rings. The lowest BCUT2D eigenvalue weighted by Crippen LogP contribution is -2.19. The number of fused-ring (bicyclic) bond motifs is 1. The third-order valence-electron chi connectivity index (χ3n) is 5.93. The van der Waals surface area contributed by atoms with E-state index in [0.717, 1.165) is 40.4 Å². The fourth-order valence-corrected chi connectivity index (χ4v) is 5.28. The number of hydrogen-bond acceptors (Lipinski definition) is 7. The first-order valence-corrected chi connectivity index (χ1v) is 12.1. The molecule has 4 rings (SSSR count). The van der Waals surface area contributed by atoms with Crippen molar-refractivity contribution in [3.05, 3.63) is 59.7 Å². The molecule has 6 nitrogen and oxygen atoms in total. The summed E-state index contributed by atoms with van der Waals surface area (Å²) >= 11 is 1.54. The summed E-state index contributed by atoms with van der Waals surface area (Å²) in [6.07, 6.45) is 3.28. The van der Waals surface area contributed by atoms with Crippen LogP contribution in [0.25, 0.3) is 21.1 Å². The summed E-state index contributed by atoms with van der Waals surface area (Å²) in [5, 5.41) is 10.6. The fourth-order valence-electron chi connectivity index (χ4n) is 4.39. The van der Waals surface area contributed by atoms with Gasteiger partial charge in [-0.1, -0.05) is 36.1 Å². The van der Waals surface area contributed by atoms with Crippen molar-refractivity contribution in [1.29, 1.82) is 0 Å². The number of ketones is 1. The zero-order chi connectivity index (χ0) is 23.5. The van der Waals surface area contributed by atoms with Gasteiger partial charge in [0.1, 0.15) is 15.8 Å². The van der Waals surface area contributed by atoms with E-state index in [4.69, 9.17) is 16.2 Å². The number of carbonyl (C=O) groups is 1. The molecule has 1 aliphatic carbocycles. The van der Waals surface area contributed by atoms with Gasteiger partial charge in [-0.25, -0.2) is 0 Å². The number of benzene rings is 2. The third-order valence-corrected chi connectivity index (χ3v) is 6.94. The Morgan fingerprint density at radius 1 is 1.24 bits per heavy atom. The molecular weight excluding hydrogens is 432 g/mol. The second-order valence-electron chi connectivity index (χ2n) is 8.64. The Balaban J connectivity index is 1.65. The molecule has 1 heterocycles. The van der Waals surface area contributed by atoms with Gasteiger partial charge >= 0.3 is 0 Å². The Hall–Kier alpha value is -3.03. The van der Waals surface area contributed by atoms with E-state index >= 15 is 0 Å². The molecule has 0 saturated heterocycles. The van der Waals surface area contributed by atoms with Crippen molar-refractivity contribution in [2.24, 2.45) is 5.73 Å². The van der Waals surface area contributed by atoms with Gasteiger partial charge in [0.25, 0.3) is 0 Å². The van der Waals surface area contributed by atoms with Crippen LogP contribution in [0.4, 0.5) is 5.69 Å². The van der Waals surface area contributed by atoms with Crippen LogP contribution in [0.3, 0.4) is 0 Å². The number of nitrogen functional groups attached to an aromatic ring is 1. The molecular formula is C26H30N4O2S. The molecule has 0 spiro atoms. The van der Waals surface area contributed by atoms with Gasteiger partial charge in [0, 0.05) is 23.5 Å². The molecule has 0 fully saturated rings. The van der Waals surface area contributed by atoms with Crippen LogP contribution in [0.15, 0.2) is 48.6 Å². The van der Waals surface area contributed by atoms with Gasteiger partial charge in [-0.2, -0.15) is 0 Å². The van der Waals surface area contributed by atoms with Crippen LogP contribution in [0.2, 0.25) is 0 Å². The summed E-state index contributed by atoms with van der Waals surface area (Å²) in [6.45, 7) is 8.41. The Labute approximate surface area is 198 Å². The summed E-state index contributed by atoms with van der Waals surface area (Å²) in [5.74, 6) is 0.765. The van der Waals surface area contributed by atoms with Gasteiger partial charge in [-0.3, -0.25) is 4.79 Å². The normalized spacial score (nSPS) is 15.3. The van der Waals surface area contributed by atoms with E-state index in [0.29, 0.717) is 30.0 Å². The number of aromatic nitrogens is 2. The molecule has 1 atom stereocenters. The minimum atomic E-state index is 0.0356. The molecule has 0 unspecified atom stereocenters. The number of ether oxygens (including phenoxy) is 1. The Morgan fingerprint density at radius 3 is 2.76 bits per heavy atom. The van der Waals surface area contributed by atoms with Crippen molar-refractivity contribution in [2.75, 3.05) is 12.3 Å². The van der Waals surface area contributed by atoms with Crippen LogP contribution in [0.1, 0.15) is 50.2 Å². The highest BCUT2D eigenvalue weighted by atomic mass is 32.1. The van der Waals surface area contributed by atoms with Crippen molar-refractivity contribution in [3.8, 4) is 26.9 Å². The molecule has 0 bridgehead atoms. The number of anilines is 1. The maximum atomic E-state index is 12.5. The minimum absolute atomic E-state index is 0.0356. The zero-order valence-electron chi connectivity index (χ0n) is 19.1. The highest BCUT2D eigenvalue weighted by molar-refractivity contribution is 7.17. The zero-order valence-corrected chi connectivity index (χ0v) is 20.0. The summed E-state index contributed by atoms with van der Waals surface area (Å²) in [7, 11) is 0. The number of nitrogens with zero attached hydrogens (tertiary/aromatic N) is 2. The van der Waals surface area contributed by atoms with Crippen molar-refractivity contribution in [3.63, 3.8) is 0 Å². The fraction of sp³-hybridized carbons (Fsp3) is 0.346. The van der Waals surface area contributed by atoms with Crippen molar-refractivity contribution >= 4 is 22.8 Å². The van der Waals surface area contributed by atoms with Gasteiger partial charge in [0.15, 0.2) is 5.78 Å². The molecule has 0 saturated carbocycles. The highest BCUT2D eigenvalue weighted by Crippen LogP contribution is 2.42. The standard InChI is InChI=1S/C26H30N4O2S/c1-15(2)32-24-11-10-17(14-22(24)28)25-29-30-26(33-25)21-9-5-7-19-18(6-4-8-20(19)21)16(3)23(31)12-13-27/h5,7,9-11,14-15,18H,3-4,6,8,12-13,27-28H2,1-2H3/t18-/m0/s1. The molecule has 1 aromatic heterocycles. The van der Waals surface area contributed by atoms with Crippen molar-refractivity contribution < 1.29 is 9.53 Å². The second-order valence-corrected chi connectivity index (χ2v) is 9.61. The van der Waals surface area contributed by atoms with Crippen LogP contribution in [-0.2, 0) is 11.2 Å². The van der Waals surface area contributed by atoms with Crippen LogP contribution >= 0.6 is 11.3 Å². The number of allylic oxidation sites excluding steroid dienone is 1. The van der Waals surface area contributed by atoms with Gasteiger partial charge in [0.2, 0.25) is 0 Å². The lowest BCUT2D eigenvalue weighted by atomic mass is 9.76. The van der Waals surface area contributed by atoms with E-state index in [9.17, 15) is 4.79 Å². The predicted molar refractivity (Wildman–Crippen MR) is 134 cm³/mol. The van der Waals surface area contributed by atoms with E-state index < -0.39 is 0 Å². The van der Waals surface area contributed by atoms with Crippen LogP contribution in [0, 0.1) is 0 Å². The summed E-state index contributed by atoms with van der Waals surface area (Å²) in [5.41, 5.74) is 17.4. The van der Waals surface area contributed by atoms with Gasteiger partial charge in [-0.05, 0) is 74.6 Å². The molecule has 0 amide bonds. The quantitative estimate of drug-likeness (QED) is 0.355. The number of carbonyl (C=O) groups excluding carboxylic acids is 1. The number of Topliss-reactive ketones (excluding diaryl/α,β-unsaturated/α-hetero) is 1. The summed E-state index contributed by atoms with van der Waals surface area (Å²) in [4.78, 5) is 12.5. The minimum Gasteiger partial charge on any atom is -0.489 e. The Bertz CT molecular complexity index is 1180. The summed E-state index contributed by atoms with van der Waals surface area (Å²) in [6, 6.07) is 12.0. The molecule has 7 heteroatoms. The van der Waals surface area contributed by atoms with Crippen molar-refractivity contribution in [2.45, 2.75) is 51.6 Å². The molecule has 0 aliphatic heterocycles. The molecule has 1 aliphatic rings. The van der Waals surface area contributed by atoms with Crippen LogP contribution in [-0.4, -0.2) is 28.6 Å². The largest absolute Gasteiger partial charge is 0.489 e. The van der Waals surface area contributed by atoms with E-state index in [1.165, 1.54) is 22.5 Å². The smallest absolute Gasteiger partial charge is 0.160 e. The summed E-state index contributed by atoms with van der Waals surface area (Å²) < 4.78 is 5.74. The number of hydrogen-bond donors (Lipinski definition) is 2. The first-order valence-electron chi connectivity index (χ1n) is 11.3. The molecule has 0 radical (unpaired) electrons. The predicted octanol–water partition coefficient (Wildman–Crippen LogP) is 5.14. The lowest BCUT2D eigenvalue weighted by molar-refractivity contribution is -0.115. The first kappa shape index (κ1) is 23.1. The van der Waals surface area contributed by atoms with E-state index in [1.54, 1.807) is 0 Å². The number of rotatable bonds is 8. The number of nitrogens with two attached hydrogens (primary N) is 2.